The van der Waals surface area contributed by atoms with E-state index in [0.29, 0.717) is 17.3 Å². The number of likely N-dealkylation sites (N-methyl/N-ethyl adjacent to an activating group) is 1. The number of carbonyl (C=O) groups excluding carboxylic acids is 2. The van der Waals surface area contributed by atoms with E-state index in [1.165, 1.54) is 36.3 Å². The third kappa shape index (κ3) is 7.02. The summed E-state index contributed by atoms with van der Waals surface area (Å²) in [5.74, 6) is -0.288. The topological polar surface area (TPSA) is 96.0 Å². The van der Waals surface area contributed by atoms with Crippen LogP contribution in [-0.4, -0.2) is 51.4 Å². The first kappa shape index (κ1) is 28.0. The van der Waals surface area contributed by atoms with Crippen molar-refractivity contribution < 1.29 is 22.7 Å². The number of benzene rings is 3. The third-order valence-electron chi connectivity index (χ3n) is 5.73. The average molecular weight is 544 g/mol. The lowest BCUT2D eigenvalue weighted by molar-refractivity contribution is -0.139. The number of hydrogen-bond donors (Lipinski definition) is 1. The summed E-state index contributed by atoms with van der Waals surface area (Å²) in [5, 5.41) is 3.16. The van der Waals surface area contributed by atoms with Crippen molar-refractivity contribution in [1.29, 1.82) is 0 Å². The van der Waals surface area contributed by atoms with Gasteiger partial charge in [0.05, 0.1) is 17.7 Å². The molecule has 3 aromatic carbocycles. The first-order chi connectivity index (χ1) is 17.7. The largest absolute Gasteiger partial charge is 0.497 e. The lowest BCUT2D eigenvalue weighted by Gasteiger charge is -2.32. The molecule has 1 atom stereocenters. The number of nitrogens with zero attached hydrogens (tertiary/aromatic N) is 2. The second-order valence-corrected chi connectivity index (χ2v) is 10.5. The van der Waals surface area contributed by atoms with Crippen LogP contribution in [0.2, 0.25) is 5.02 Å². The number of ether oxygens (including phenoxy) is 1. The summed E-state index contributed by atoms with van der Waals surface area (Å²) in [7, 11) is -2.57. The number of sulfonamides is 1. The molecule has 0 saturated heterocycles. The number of nitrogens with one attached hydrogen (secondary N) is 1. The molecule has 0 saturated carbocycles. The van der Waals surface area contributed by atoms with Gasteiger partial charge in [-0.25, -0.2) is 8.42 Å². The van der Waals surface area contributed by atoms with Crippen LogP contribution in [0.1, 0.15) is 19.4 Å². The molecule has 0 bridgehead atoms. The van der Waals surface area contributed by atoms with Gasteiger partial charge < -0.3 is 15.0 Å². The van der Waals surface area contributed by atoms with Crippen LogP contribution in [0.3, 0.4) is 0 Å². The van der Waals surface area contributed by atoms with Gasteiger partial charge in [-0.1, -0.05) is 41.9 Å². The second kappa shape index (κ2) is 12.6. The Morgan fingerprint density at radius 1 is 1.00 bits per heavy atom. The van der Waals surface area contributed by atoms with Crippen LogP contribution in [0.15, 0.2) is 83.8 Å². The Bertz CT molecular complexity index is 1320. The lowest BCUT2D eigenvalue weighted by atomic mass is 10.1. The minimum atomic E-state index is -4.11. The Balaban J connectivity index is 2.01. The van der Waals surface area contributed by atoms with Gasteiger partial charge in [-0.05, 0) is 67.9 Å². The van der Waals surface area contributed by atoms with Crippen LogP contribution in [0, 0.1) is 0 Å². The minimum absolute atomic E-state index is 0.0360. The molecule has 0 radical (unpaired) electrons. The summed E-state index contributed by atoms with van der Waals surface area (Å²) in [6, 6.07) is 20.3. The van der Waals surface area contributed by atoms with Gasteiger partial charge in [0.15, 0.2) is 0 Å². The third-order valence-corrected chi connectivity index (χ3v) is 7.77. The Hall–Kier alpha value is -3.56. The Kier molecular flexibility index (Phi) is 9.54. The van der Waals surface area contributed by atoms with Gasteiger partial charge in [-0.2, -0.15) is 0 Å². The zero-order chi connectivity index (χ0) is 27.0. The normalized spacial score (nSPS) is 11.9. The highest BCUT2D eigenvalue weighted by Crippen LogP contribution is 2.26. The van der Waals surface area contributed by atoms with Gasteiger partial charge >= 0.3 is 0 Å². The van der Waals surface area contributed by atoms with Crippen LogP contribution in [0.5, 0.6) is 5.75 Å². The highest BCUT2D eigenvalue weighted by molar-refractivity contribution is 7.92. The molecule has 196 valence electrons. The van der Waals surface area contributed by atoms with Crippen LogP contribution >= 0.6 is 11.6 Å². The van der Waals surface area contributed by atoms with E-state index < -0.39 is 28.5 Å². The molecular weight excluding hydrogens is 514 g/mol. The fraction of sp³-hybridized carbons (Fsp3) is 0.259. The first-order valence-corrected chi connectivity index (χ1v) is 13.5. The van der Waals surface area contributed by atoms with E-state index in [1.54, 1.807) is 62.4 Å². The summed E-state index contributed by atoms with van der Waals surface area (Å²) in [6.45, 7) is 3.35. The first-order valence-electron chi connectivity index (χ1n) is 11.7. The van der Waals surface area contributed by atoms with Crippen molar-refractivity contribution in [3.8, 4) is 5.75 Å². The summed E-state index contributed by atoms with van der Waals surface area (Å²) in [5.41, 5.74) is 1.00. The summed E-state index contributed by atoms with van der Waals surface area (Å²) in [6.07, 6.45) is 0. The molecule has 37 heavy (non-hydrogen) atoms. The predicted octanol–water partition coefficient (Wildman–Crippen LogP) is 4.10. The molecule has 0 fully saturated rings. The Morgan fingerprint density at radius 2 is 1.68 bits per heavy atom. The van der Waals surface area contributed by atoms with E-state index in [9.17, 15) is 18.0 Å². The number of rotatable bonds is 11. The number of methoxy groups -OCH3 is 1. The maximum absolute atomic E-state index is 13.8. The van der Waals surface area contributed by atoms with Gasteiger partial charge in [0.1, 0.15) is 18.3 Å². The van der Waals surface area contributed by atoms with Crippen molar-refractivity contribution in [3.63, 3.8) is 0 Å². The molecule has 3 rings (SSSR count). The summed E-state index contributed by atoms with van der Waals surface area (Å²) in [4.78, 5) is 27.9. The number of halogens is 1. The average Bonchev–Trinajstić information content (AvgIpc) is 2.91. The van der Waals surface area contributed by atoms with E-state index in [-0.39, 0.29) is 23.0 Å². The molecule has 2 amide bonds. The van der Waals surface area contributed by atoms with Crippen LogP contribution in [0.25, 0.3) is 0 Å². The maximum atomic E-state index is 13.8. The van der Waals surface area contributed by atoms with Gasteiger partial charge in [-0.15, -0.1) is 0 Å². The molecule has 0 spiro atoms. The number of anilines is 1. The molecule has 10 heteroatoms. The van der Waals surface area contributed by atoms with Crippen molar-refractivity contribution in [2.45, 2.75) is 31.3 Å². The van der Waals surface area contributed by atoms with Crippen LogP contribution in [0.4, 0.5) is 5.69 Å². The van der Waals surface area contributed by atoms with E-state index in [2.05, 4.69) is 5.32 Å². The monoisotopic (exact) mass is 543 g/mol. The highest BCUT2D eigenvalue weighted by Gasteiger charge is 2.32. The van der Waals surface area contributed by atoms with Gasteiger partial charge in [0.25, 0.3) is 10.0 Å². The molecule has 0 aromatic heterocycles. The van der Waals surface area contributed by atoms with Crippen molar-refractivity contribution in [1.82, 2.24) is 10.2 Å². The van der Waals surface area contributed by atoms with Crippen molar-refractivity contribution in [2.75, 3.05) is 24.5 Å². The van der Waals surface area contributed by atoms with E-state index >= 15 is 0 Å². The van der Waals surface area contributed by atoms with Crippen LogP contribution in [-0.2, 0) is 26.2 Å². The maximum Gasteiger partial charge on any atom is 0.264 e. The molecule has 1 N–H and O–H groups in total. The highest BCUT2D eigenvalue weighted by atomic mass is 35.5. The van der Waals surface area contributed by atoms with E-state index in [1.807, 2.05) is 6.07 Å². The SMILES string of the molecule is CCNC(=O)C(C)N(Cc1cccc(OC)c1)C(=O)CN(c1ccc(Cl)cc1)S(=O)(=O)c1ccccc1. The standard InChI is InChI=1S/C27H30ClN3O5S/c1-4-29-27(33)20(2)30(18-21-9-8-10-24(17-21)36-3)26(32)19-31(23-15-13-22(28)14-16-23)37(34,35)25-11-6-5-7-12-25/h5-17,20H,4,18-19H2,1-3H3,(H,29,33). The molecule has 0 aliphatic carbocycles. The van der Waals surface area contributed by atoms with Gasteiger partial charge in [0.2, 0.25) is 11.8 Å². The number of carbonyl (C=O) groups is 2. The quantitative estimate of drug-likeness (QED) is 0.393. The Labute approximate surface area is 222 Å². The Morgan fingerprint density at radius 3 is 2.30 bits per heavy atom. The predicted molar refractivity (Wildman–Crippen MR) is 144 cm³/mol. The molecule has 1 unspecified atom stereocenters. The molecule has 0 aliphatic rings. The van der Waals surface area contributed by atoms with Crippen LogP contribution < -0.4 is 14.4 Å². The molecule has 8 nitrogen and oxygen atoms in total. The smallest absolute Gasteiger partial charge is 0.264 e. The summed E-state index contributed by atoms with van der Waals surface area (Å²) < 4.78 is 33.6. The molecular formula is C27H30ClN3O5S. The summed E-state index contributed by atoms with van der Waals surface area (Å²) >= 11 is 6.03. The number of hydrogen-bond acceptors (Lipinski definition) is 5. The second-order valence-electron chi connectivity index (χ2n) is 8.24. The van der Waals surface area contributed by atoms with Crippen molar-refractivity contribution >= 4 is 39.1 Å². The van der Waals surface area contributed by atoms with Gasteiger partial charge in [0, 0.05) is 18.1 Å². The molecule has 0 heterocycles. The fourth-order valence-electron chi connectivity index (χ4n) is 3.73. The minimum Gasteiger partial charge on any atom is -0.497 e. The van der Waals surface area contributed by atoms with Crippen molar-refractivity contribution in [3.05, 3.63) is 89.4 Å². The molecule has 3 aromatic rings. The molecule has 0 aliphatic heterocycles. The van der Waals surface area contributed by atoms with Gasteiger partial charge in [-0.3, -0.25) is 13.9 Å². The van der Waals surface area contributed by atoms with E-state index in [0.717, 1.165) is 9.87 Å². The zero-order valence-corrected chi connectivity index (χ0v) is 22.5. The van der Waals surface area contributed by atoms with Crippen molar-refractivity contribution in [2.24, 2.45) is 0 Å². The lowest BCUT2D eigenvalue weighted by Crippen LogP contribution is -2.51. The number of amides is 2. The zero-order valence-electron chi connectivity index (χ0n) is 20.9. The van der Waals surface area contributed by atoms with E-state index in [4.69, 9.17) is 16.3 Å². The fourth-order valence-corrected chi connectivity index (χ4v) is 5.29.